The number of ether oxygens (including phenoxy) is 1. The maximum atomic E-state index is 9.41. The van der Waals surface area contributed by atoms with Gasteiger partial charge >= 0.3 is 0 Å². The Labute approximate surface area is 111 Å². The number of para-hydroxylation sites is 1. The highest BCUT2D eigenvalue weighted by Crippen LogP contribution is 2.40. The second-order valence-corrected chi connectivity index (χ2v) is 4.82. The van der Waals surface area contributed by atoms with E-state index in [0.29, 0.717) is 5.02 Å². The van der Waals surface area contributed by atoms with Gasteiger partial charge in [-0.2, -0.15) is 0 Å². The standard InChI is InChI=1S/C15H13ClO2/c16-14-9-11(17)6-7-12(14)13-5-1-3-10-4-2-8-18-15(10)13/h1,3,5-7,9,17H,2,4,8H2. The highest BCUT2D eigenvalue weighted by molar-refractivity contribution is 6.33. The molecule has 0 bridgehead atoms. The summed E-state index contributed by atoms with van der Waals surface area (Å²) in [5.74, 6) is 1.10. The third-order valence-electron chi connectivity index (χ3n) is 3.18. The summed E-state index contributed by atoms with van der Waals surface area (Å²) in [6.45, 7) is 0.750. The van der Waals surface area contributed by atoms with Gasteiger partial charge in [0.25, 0.3) is 0 Å². The quantitative estimate of drug-likeness (QED) is 0.839. The molecular weight excluding hydrogens is 248 g/mol. The molecule has 0 spiro atoms. The molecule has 0 aliphatic carbocycles. The Morgan fingerprint density at radius 1 is 1.11 bits per heavy atom. The van der Waals surface area contributed by atoms with Gasteiger partial charge in [0.15, 0.2) is 0 Å². The summed E-state index contributed by atoms with van der Waals surface area (Å²) >= 11 is 6.19. The van der Waals surface area contributed by atoms with Gasteiger partial charge < -0.3 is 9.84 Å². The molecule has 0 saturated carbocycles. The summed E-state index contributed by atoms with van der Waals surface area (Å²) in [5, 5.41) is 9.95. The smallest absolute Gasteiger partial charge is 0.130 e. The summed E-state index contributed by atoms with van der Waals surface area (Å²) in [5.41, 5.74) is 3.12. The van der Waals surface area contributed by atoms with Crippen LogP contribution in [0.15, 0.2) is 36.4 Å². The Morgan fingerprint density at radius 2 is 2.00 bits per heavy atom. The molecule has 0 fully saturated rings. The third kappa shape index (κ3) is 1.93. The fourth-order valence-electron chi connectivity index (χ4n) is 2.32. The van der Waals surface area contributed by atoms with E-state index in [1.54, 1.807) is 12.1 Å². The number of aromatic hydroxyl groups is 1. The van der Waals surface area contributed by atoms with Crippen molar-refractivity contribution in [3.05, 3.63) is 47.0 Å². The Bertz CT molecular complexity index is 593. The van der Waals surface area contributed by atoms with Crippen molar-refractivity contribution in [1.29, 1.82) is 0 Å². The predicted octanol–water partition coefficient (Wildman–Crippen LogP) is 4.04. The first-order valence-corrected chi connectivity index (χ1v) is 6.37. The van der Waals surface area contributed by atoms with E-state index in [-0.39, 0.29) is 5.75 Å². The second kappa shape index (κ2) is 4.54. The van der Waals surface area contributed by atoms with Crippen LogP contribution in [-0.4, -0.2) is 11.7 Å². The van der Waals surface area contributed by atoms with Gasteiger partial charge in [-0.3, -0.25) is 0 Å². The van der Waals surface area contributed by atoms with Gasteiger partial charge in [-0.25, -0.2) is 0 Å². The molecule has 0 aromatic heterocycles. The number of benzene rings is 2. The molecule has 2 aromatic rings. The number of hydrogen-bond donors (Lipinski definition) is 1. The van der Waals surface area contributed by atoms with Crippen LogP contribution >= 0.6 is 11.6 Å². The minimum atomic E-state index is 0.175. The maximum Gasteiger partial charge on any atom is 0.130 e. The Morgan fingerprint density at radius 3 is 2.83 bits per heavy atom. The molecule has 0 saturated heterocycles. The minimum Gasteiger partial charge on any atom is -0.508 e. The van der Waals surface area contributed by atoms with E-state index in [4.69, 9.17) is 16.3 Å². The summed E-state index contributed by atoms with van der Waals surface area (Å²) in [7, 11) is 0. The van der Waals surface area contributed by atoms with Crippen molar-refractivity contribution in [2.24, 2.45) is 0 Å². The zero-order chi connectivity index (χ0) is 12.5. The molecule has 3 rings (SSSR count). The van der Waals surface area contributed by atoms with Crippen molar-refractivity contribution >= 4 is 11.6 Å². The van der Waals surface area contributed by atoms with Crippen molar-refractivity contribution in [2.75, 3.05) is 6.61 Å². The summed E-state index contributed by atoms with van der Waals surface area (Å²) < 4.78 is 5.77. The maximum absolute atomic E-state index is 9.41. The van der Waals surface area contributed by atoms with Gasteiger partial charge in [0.05, 0.1) is 11.6 Å². The number of aryl methyl sites for hydroxylation is 1. The van der Waals surface area contributed by atoms with Crippen molar-refractivity contribution in [3.8, 4) is 22.6 Å². The van der Waals surface area contributed by atoms with E-state index in [1.807, 2.05) is 18.2 Å². The second-order valence-electron chi connectivity index (χ2n) is 4.41. The van der Waals surface area contributed by atoms with Crippen LogP contribution in [0.2, 0.25) is 5.02 Å². The predicted molar refractivity (Wildman–Crippen MR) is 72.4 cm³/mol. The normalized spacial score (nSPS) is 13.8. The minimum absolute atomic E-state index is 0.175. The van der Waals surface area contributed by atoms with E-state index in [1.165, 1.54) is 5.56 Å². The molecule has 1 aliphatic rings. The summed E-state index contributed by atoms with van der Waals surface area (Å²) in [6.07, 6.45) is 2.10. The van der Waals surface area contributed by atoms with Crippen LogP contribution in [-0.2, 0) is 6.42 Å². The van der Waals surface area contributed by atoms with Crippen LogP contribution in [0.1, 0.15) is 12.0 Å². The van der Waals surface area contributed by atoms with Crippen LogP contribution in [0.5, 0.6) is 11.5 Å². The van der Waals surface area contributed by atoms with Crippen molar-refractivity contribution in [2.45, 2.75) is 12.8 Å². The zero-order valence-electron chi connectivity index (χ0n) is 9.82. The van der Waals surface area contributed by atoms with Crippen LogP contribution in [0.25, 0.3) is 11.1 Å². The van der Waals surface area contributed by atoms with Crippen molar-refractivity contribution in [3.63, 3.8) is 0 Å². The number of phenols is 1. The topological polar surface area (TPSA) is 29.5 Å². The molecule has 18 heavy (non-hydrogen) atoms. The first-order valence-electron chi connectivity index (χ1n) is 5.99. The summed E-state index contributed by atoms with van der Waals surface area (Å²) in [6, 6.07) is 11.1. The molecule has 0 atom stereocenters. The van der Waals surface area contributed by atoms with Gasteiger partial charge in [-0.1, -0.05) is 29.8 Å². The van der Waals surface area contributed by atoms with E-state index < -0.39 is 0 Å². The van der Waals surface area contributed by atoms with Crippen LogP contribution in [0.4, 0.5) is 0 Å². The molecule has 92 valence electrons. The average Bonchev–Trinajstić information content (AvgIpc) is 2.38. The molecule has 0 radical (unpaired) electrons. The largest absolute Gasteiger partial charge is 0.508 e. The van der Waals surface area contributed by atoms with Crippen LogP contribution < -0.4 is 4.74 Å². The molecule has 1 heterocycles. The lowest BCUT2D eigenvalue weighted by atomic mass is 9.97. The van der Waals surface area contributed by atoms with E-state index in [0.717, 1.165) is 36.3 Å². The zero-order valence-corrected chi connectivity index (χ0v) is 10.6. The lowest BCUT2D eigenvalue weighted by Crippen LogP contribution is -2.09. The van der Waals surface area contributed by atoms with Gasteiger partial charge in [0, 0.05) is 11.1 Å². The number of hydrogen-bond acceptors (Lipinski definition) is 2. The van der Waals surface area contributed by atoms with Gasteiger partial charge in [0.1, 0.15) is 11.5 Å². The molecule has 1 aliphatic heterocycles. The lowest BCUT2D eigenvalue weighted by Gasteiger charge is -2.20. The van der Waals surface area contributed by atoms with Gasteiger partial charge in [-0.15, -0.1) is 0 Å². The SMILES string of the molecule is Oc1ccc(-c2cccc3c2OCCC3)c(Cl)c1. The monoisotopic (exact) mass is 260 g/mol. The van der Waals surface area contributed by atoms with Crippen LogP contribution in [0.3, 0.4) is 0 Å². The number of phenolic OH excluding ortho intramolecular Hbond substituents is 1. The number of halogens is 1. The van der Waals surface area contributed by atoms with E-state index in [2.05, 4.69) is 6.07 Å². The van der Waals surface area contributed by atoms with Crippen molar-refractivity contribution < 1.29 is 9.84 Å². The Hall–Kier alpha value is -1.67. The molecular formula is C15H13ClO2. The molecule has 0 amide bonds. The lowest BCUT2D eigenvalue weighted by molar-refractivity contribution is 0.289. The van der Waals surface area contributed by atoms with Crippen LogP contribution in [0, 0.1) is 0 Å². The first kappa shape index (κ1) is 11.4. The Balaban J connectivity index is 2.17. The highest BCUT2D eigenvalue weighted by atomic mass is 35.5. The fourth-order valence-corrected chi connectivity index (χ4v) is 2.60. The third-order valence-corrected chi connectivity index (χ3v) is 3.49. The average molecular weight is 261 g/mol. The first-order chi connectivity index (χ1) is 8.75. The number of fused-ring (bicyclic) bond motifs is 1. The highest BCUT2D eigenvalue weighted by Gasteiger charge is 2.17. The van der Waals surface area contributed by atoms with E-state index >= 15 is 0 Å². The number of rotatable bonds is 1. The summed E-state index contributed by atoms with van der Waals surface area (Å²) in [4.78, 5) is 0. The molecule has 1 N–H and O–H groups in total. The molecule has 2 nitrogen and oxygen atoms in total. The van der Waals surface area contributed by atoms with Gasteiger partial charge in [0.2, 0.25) is 0 Å². The molecule has 0 unspecified atom stereocenters. The van der Waals surface area contributed by atoms with E-state index in [9.17, 15) is 5.11 Å². The molecule has 2 aromatic carbocycles. The van der Waals surface area contributed by atoms with Crippen molar-refractivity contribution in [1.82, 2.24) is 0 Å². The fraction of sp³-hybridized carbons (Fsp3) is 0.200. The molecule has 3 heteroatoms. The Kier molecular flexibility index (Phi) is 2.88. The van der Waals surface area contributed by atoms with Gasteiger partial charge in [-0.05, 0) is 36.6 Å².